The molecule has 2 heterocycles. The monoisotopic (exact) mass is 223 g/mol. The zero-order valence-electron chi connectivity index (χ0n) is 8.92. The van der Waals surface area contributed by atoms with Crippen molar-refractivity contribution < 1.29 is 0 Å². The number of pyridine rings is 1. The van der Waals surface area contributed by atoms with Crippen LogP contribution in [-0.4, -0.2) is 15.2 Å². The summed E-state index contributed by atoms with van der Waals surface area (Å²) in [5, 5.41) is 8.78. The number of benzene rings is 1. The van der Waals surface area contributed by atoms with Crippen LogP contribution in [0.1, 0.15) is 0 Å². The quantitative estimate of drug-likeness (QED) is 0.686. The summed E-state index contributed by atoms with van der Waals surface area (Å²) in [5.74, 6) is 0. The summed E-state index contributed by atoms with van der Waals surface area (Å²) < 4.78 is 0. The van der Waals surface area contributed by atoms with E-state index in [4.69, 9.17) is 0 Å². The molecule has 1 aromatic carbocycles. The zero-order chi connectivity index (χ0) is 11.7. The fraction of sp³-hybridized carbons (Fsp3) is 0. The number of fused-ring (bicyclic) bond motifs is 1. The van der Waals surface area contributed by atoms with Gasteiger partial charge in [0, 0.05) is 35.6 Å². The van der Waals surface area contributed by atoms with Crippen LogP contribution in [-0.2, 0) is 0 Å². The summed E-state index contributed by atoms with van der Waals surface area (Å²) in [6.07, 6.45) is 5.05. The normalized spacial score (nSPS) is 10.6. The number of aromatic amines is 1. The van der Waals surface area contributed by atoms with Crippen molar-refractivity contribution in [1.82, 2.24) is 15.2 Å². The van der Waals surface area contributed by atoms with E-state index in [2.05, 4.69) is 15.2 Å². The van der Waals surface area contributed by atoms with E-state index in [0.717, 1.165) is 16.3 Å². The van der Waals surface area contributed by atoms with Crippen LogP contribution in [0.2, 0.25) is 0 Å². The van der Waals surface area contributed by atoms with Crippen molar-refractivity contribution in [3.63, 3.8) is 0 Å². The highest BCUT2D eigenvalue weighted by molar-refractivity contribution is 5.85. The van der Waals surface area contributed by atoms with E-state index >= 15 is 0 Å². The molecule has 0 aliphatic heterocycles. The molecule has 3 rings (SSSR count). The summed E-state index contributed by atoms with van der Waals surface area (Å²) in [4.78, 5) is 15.7. The molecular weight excluding hydrogens is 214 g/mol. The molecule has 0 fully saturated rings. The molecular formula is C13H9N3O. The Morgan fingerprint density at radius 2 is 2.00 bits per heavy atom. The predicted octanol–water partition coefficient (Wildman–Crippen LogP) is 1.99. The minimum Gasteiger partial charge on any atom is -0.287 e. The highest BCUT2D eigenvalue weighted by Crippen LogP contribution is 2.19. The summed E-state index contributed by atoms with van der Waals surface area (Å²) in [7, 11) is 0. The first-order chi connectivity index (χ1) is 8.34. The molecule has 2 aromatic heterocycles. The number of H-pyrrole nitrogens is 1. The third kappa shape index (κ3) is 1.69. The van der Waals surface area contributed by atoms with Gasteiger partial charge in [-0.15, -0.1) is 0 Å². The maximum absolute atomic E-state index is 11.7. The lowest BCUT2D eigenvalue weighted by atomic mass is 10.1. The molecule has 4 heteroatoms. The van der Waals surface area contributed by atoms with Crippen LogP contribution in [0.15, 0.2) is 53.7 Å². The third-order valence-corrected chi connectivity index (χ3v) is 2.63. The first-order valence-corrected chi connectivity index (χ1v) is 5.23. The van der Waals surface area contributed by atoms with Gasteiger partial charge in [0.05, 0.1) is 0 Å². The molecule has 0 amide bonds. The topological polar surface area (TPSA) is 58.6 Å². The summed E-state index contributed by atoms with van der Waals surface area (Å²) >= 11 is 0. The molecule has 82 valence electrons. The fourth-order valence-electron chi connectivity index (χ4n) is 1.79. The van der Waals surface area contributed by atoms with Crippen LogP contribution < -0.4 is 5.43 Å². The lowest BCUT2D eigenvalue weighted by Crippen LogP contribution is -2.06. The Hall–Kier alpha value is -2.49. The SMILES string of the molecule is O=c1cc[nH]nc1-c1ccc2cnccc2c1. The Labute approximate surface area is 97.0 Å². The Morgan fingerprint density at radius 3 is 2.88 bits per heavy atom. The van der Waals surface area contributed by atoms with Gasteiger partial charge in [0.1, 0.15) is 5.69 Å². The van der Waals surface area contributed by atoms with Crippen LogP contribution in [0.5, 0.6) is 0 Å². The minimum atomic E-state index is -0.0860. The number of nitrogens with one attached hydrogen (secondary N) is 1. The van der Waals surface area contributed by atoms with E-state index in [1.54, 1.807) is 12.4 Å². The zero-order valence-corrected chi connectivity index (χ0v) is 8.92. The molecule has 17 heavy (non-hydrogen) atoms. The van der Waals surface area contributed by atoms with Crippen molar-refractivity contribution >= 4 is 10.8 Å². The van der Waals surface area contributed by atoms with Crippen molar-refractivity contribution in [2.45, 2.75) is 0 Å². The second kappa shape index (κ2) is 3.83. The van der Waals surface area contributed by atoms with E-state index in [-0.39, 0.29) is 5.43 Å². The predicted molar refractivity (Wildman–Crippen MR) is 65.6 cm³/mol. The van der Waals surface area contributed by atoms with Gasteiger partial charge >= 0.3 is 0 Å². The second-order valence-corrected chi connectivity index (χ2v) is 3.72. The third-order valence-electron chi connectivity index (χ3n) is 2.63. The van der Waals surface area contributed by atoms with Crippen molar-refractivity contribution in [2.75, 3.05) is 0 Å². The van der Waals surface area contributed by atoms with Crippen LogP contribution >= 0.6 is 0 Å². The molecule has 0 aliphatic rings. The number of aromatic nitrogens is 3. The molecule has 1 N–H and O–H groups in total. The number of nitrogens with zero attached hydrogens (tertiary/aromatic N) is 2. The summed E-state index contributed by atoms with van der Waals surface area (Å²) in [6.45, 7) is 0. The van der Waals surface area contributed by atoms with Gasteiger partial charge < -0.3 is 0 Å². The molecule has 0 radical (unpaired) electrons. The Balaban J connectivity index is 2.25. The highest BCUT2D eigenvalue weighted by Gasteiger charge is 2.04. The smallest absolute Gasteiger partial charge is 0.208 e. The van der Waals surface area contributed by atoms with Gasteiger partial charge in [-0.1, -0.05) is 12.1 Å². The standard InChI is InChI=1S/C13H9N3O/c17-12-4-6-15-16-13(12)10-1-2-11-8-14-5-3-9(11)7-10/h1-8H,(H,15,17). The van der Waals surface area contributed by atoms with Crippen LogP contribution in [0.3, 0.4) is 0 Å². The molecule has 0 unspecified atom stereocenters. The van der Waals surface area contributed by atoms with E-state index in [1.807, 2.05) is 24.3 Å². The lowest BCUT2D eigenvalue weighted by molar-refractivity contribution is 1.03. The van der Waals surface area contributed by atoms with Crippen LogP contribution in [0, 0.1) is 0 Å². The van der Waals surface area contributed by atoms with Gasteiger partial charge in [0.25, 0.3) is 0 Å². The van der Waals surface area contributed by atoms with Crippen molar-refractivity contribution in [3.05, 3.63) is 59.1 Å². The average molecular weight is 223 g/mol. The van der Waals surface area contributed by atoms with Gasteiger partial charge in [-0.2, -0.15) is 5.10 Å². The maximum Gasteiger partial charge on any atom is 0.208 e. The Morgan fingerprint density at radius 1 is 1.06 bits per heavy atom. The molecule has 0 bridgehead atoms. The second-order valence-electron chi connectivity index (χ2n) is 3.72. The fourth-order valence-corrected chi connectivity index (χ4v) is 1.79. The Bertz CT molecular complexity index is 734. The summed E-state index contributed by atoms with van der Waals surface area (Å²) in [6, 6.07) is 9.14. The number of hydrogen-bond donors (Lipinski definition) is 1. The molecule has 0 atom stereocenters. The van der Waals surface area contributed by atoms with Crippen molar-refractivity contribution in [2.24, 2.45) is 0 Å². The molecule has 0 saturated heterocycles. The van der Waals surface area contributed by atoms with Crippen molar-refractivity contribution in [1.29, 1.82) is 0 Å². The van der Waals surface area contributed by atoms with E-state index in [0.29, 0.717) is 5.69 Å². The van der Waals surface area contributed by atoms with Crippen LogP contribution in [0.4, 0.5) is 0 Å². The van der Waals surface area contributed by atoms with E-state index in [1.165, 1.54) is 12.3 Å². The lowest BCUT2D eigenvalue weighted by Gasteiger charge is -2.01. The van der Waals surface area contributed by atoms with Gasteiger partial charge in [-0.05, 0) is 17.5 Å². The molecule has 0 saturated carbocycles. The Kier molecular flexibility index (Phi) is 2.19. The van der Waals surface area contributed by atoms with E-state index in [9.17, 15) is 4.79 Å². The number of rotatable bonds is 1. The van der Waals surface area contributed by atoms with Gasteiger partial charge in [-0.25, -0.2) is 0 Å². The van der Waals surface area contributed by atoms with Gasteiger partial charge in [0.15, 0.2) is 0 Å². The van der Waals surface area contributed by atoms with Gasteiger partial charge in [-0.3, -0.25) is 14.9 Å². The molecule has 4 nitrogen and oxygen atoms in total. The maximum atomic E-state index is 11.7. The van der Waals surface area contributed by atoms with Crippen molar-refractivity contribution in [3.8, 4) is 11.3 Å². The van der Waals surface area contributed by atoms with E-state index < -0.39 is 0 Å². The van der Waals surface area contributed by atoms with Crippen LogP contribution in [0.25, 0.3) is 22.0 Å². The highest BCUT2D eigenvalue weighted by atomic mass is 16.1. The molecule has 0 aliphatic carbocycles. The average Bonchev–Trinajstić information content (AvgIpc) is 2.39. The largest absolute Gasteiger partial charge is 0.287 e. The first kappa shape index (κ1) is 9.72. The number of hydrogen-bond acceptors (Lipinski definition) is 3. The minimum absolute atomic E-state index is 0.0860. The summed E-state index contributed by atoms with van der Waals surface area (Å²) in [5.41, 5.74) is 1.16. The molecule has 3 aromatic rings. The molecule has 0 spiro atoms. The first-order valence-electron chi connectivity index (χ1n) is 5.23. The van der Waals surface area contributed by atoms with Gasteiger partial charge in [0.2, 0.25) is 5.43 Å².